The maximum Gasteiger partial charge on any atom is 0.347 e. The van der Waals surface area contributed by atoms with Crippen LogP contribution in [0.5, 0.6) is 0 Å². The average Bonchev–Trinajstić information content (AvgIpc) is 2.55. The predicted molar refractivity (Wildman–Crippen MR) is 91.8 cm³/mol. The molecule has 0 spiro atoms. The summed E-state index contributed by atoms with van der Waals surface area (Å²) in [5.74, 6) is -2.49. The number of carbonyl (C=O) groups is 1. The summed E-state index contributed by atoms with van der Waals surface area (Å²) in [7, 11) is -4.66. The summed E-state index contributed by atoms with van der Waals surface area (Å²) in [6.07, 6.45) is 3.01. The highest BCUT2D eigenvalue weighted by atomic mass is 31.2. The second-order valence-electron chi connectivity index (χ2n) is 5.68. The second kappa shape index (κ2) is 9.37. The number of hydrogen-bond donors (Lipinski definition) is 3. The highest BCUT2D eigenvalue weighted by Crippen LogP contribution is 2.42. The molecule has 0 saturated heterocycles. The standard InChI is InChI=1S/C14H20N3O8P/c1-2-3-4-5-6-13(26(23,24)25)15-14(18)10-7-11(16(19)20)9-12(8-10)17(21)22/h7-9,13H,2-6H2,1H3,(H,15,18)(H2,23,24,25)/t13-/m1/s1. The van der Waals surface area contributed by atoms with Gasteiger partial charge in [0.25, 0.3) is 17.3 Å². The summed E-state index contributed by atoms with van der Waals surface area (Å²) in [4.78, 5) is 51.0. The van der Waals surface area contributed by atoms with E-state index in [4.69, 9.17) is 0 Å². The van der Waals surface area contributed by atoms with E-state index in [0.717, 1.165) is 31.4 Å². The molecule has 0 aliphatic carbocycles. The summed E-state index contributed by atoms with van der Waals surface area (Å²) >= 11 is 0. The Morgan fingerprint density at radius 3 is 2.08 bits per heavy atom. The van der Waals surface area contributed by atoms with E-state index in [0.29, 0.717) is 12.5 Å². The molecule has 1 aromatic rings. The van der Waals surface area contributed by atoms with E-state index in [2.05, 4.69) is 5.32 Å². The number of rotatable bonds is 10. The van der Waals surface area contributed by atoms with Gasteiger partial charge < -0.3 is 15.1 Å². The second-order valence-corrected chi connectivity index (χ2v) is 7.48. The number of nitrogens with one attached hydrogen (secondary N) is 1. The van der Waals surface area contributed by atoms with Crippen LogP contribution in [0.4, 0.5) is 11.4 Å². The van der Waals surface area contributed by atoms with Gasteiger partial charge in [-0.1, -0.05) is 32.6 Å². The lowest BCUT2D eigenvalue weighted by Crippen LogP contribution is -2.34. The lowest BCUT2D eigenvalue weighted by Gasteiger charge is -2.20. The maximum absolute atomic E-state index is 12.2. The summed E-state index contributed by atoms with van der Waals surface area (Å²) in [6, 6.07) is 2.33. The Kier molecular flexibility index (Phi) is 7.81. The molecule has 1 aromatic carbocycles. The van der Waals surface area contributed by atoms with Crippen molar-refractivity contribution in [3.63, 3.8) is 0 Å². The molecule has 0 radical (unpaired) electrons. The molecule has 0 saturated carbocycles. The fourth-order valence-corrected chi connectivity index (χ4v) is 3.06. The van der Waals surface area contributed by atoms with Crippen molar-refractivity contribution < 1.29 is 29.0 Å². The molecule has 3 N–H and O–H groups in total. The van der Waals surface area contributed by atoms with Gasteiger partial charge in [-0.25, -0.2) is 0 Å². The van der Waals surface area contributed by atoms with E-state index in [1.807, 2.05) is 6.92 Å². The molecule has 12 heteroatoms. The topological polar surface area (TPSA) is 173 Å². The third kappa shape index (κ3) is 6.51. The van der Waals surface area contributed by atoms with Gasteiger partial charge in [0.2, 0.25) is 0 Å². The molecule has 0 bridgehead atoms. The zero-order valence-electron chi connectivity index (χ0n) is 14.0. The fourth-order valence-electron chi connectivity index (χ4n) is 2.26. The van der Waals surface area contributed by atoms with Crippen molar-refractivity contribution in [1.82, 2.24) is 5.32 Å². The van der Waals surface area contributed by atoms with Gasteiger partial charge in [-0.3, -0.25) is 29.6 Å². The lowest BCUT2D eigenvalue weighted by molar-refractivity contribution is -0.394. The van der Waals surface area contributed by atoms with Crippen LogP contribution in [0.25, 0.3) is 0 Å². The van der Waals surface area contributed by atoms with E-state index >= 15 is 0 Å². The third-order valence-corrected chi connectivity index (χ3v) is 4.82. The van der Waals surface area contributed by atoms with Crippen LogP contribution in [-0.2, 0) is 4.57 Å². The molecule has 144 valence electrons. The van der Waals surface area contributed by atoms with E-state index in [-0.39, 0.29) is 6.42 Å². The Bertz CT molecular complexity index is 701. The summed E-state index contributed by atoms with van der Waals surface area (Å²) in [6.45, 7) is 1.97. The van der Waals surface area contributed by atoms with Gasteiger partial charge in [0.05, 0.1) is 21.5 Å². The summed E-state index contributed by atoms with van der Waals surface area (Å²) < 4.78 is 11.6. The Balaban J connectivity index is 3.03. The van der Waals surface area contributed by atoms with Crippen molar-refractivity contribution in [1.29, 1.82) is 0 Å². The first kappa shape index (κ1) is 21.7. The first-order chi connectivity index (χ1) is 12.1. The Morgan fingerprint density at radius 2 is 1.65 bits per heavy atom. The van der Waals surface area contributed by atoms with Gasteiger partial charge >= 0.3 is 7.60 Å². The van der Waals surface area contributed by atoms with Crippen molar-refractivity contribution in [3.05, 3.63) is 44.0 Å². The number of nitro benzene ring substituents is 2. The first-order valence-electron chi connectivity index (χ1n) is 7.86. The Hall–Kier alpha value is -2.36. The molecule has 0 heterocycles. The highest BCUT2D eigenvalue weighted by Gasteiger charge is 2.31. The lowest BCUT2D eigenvalue weighted by atomic mass is 10.1. The first-order valence-corrected chi connectivity index (χ1v) is 9.54. The quantitative estimate of drug-likeness (QED) is 0.237. The molecule has 0 fully saturated rings. The number of benzene rings is 1. The summed E-state index contributed by atoms with van der Waals surface area (Å²) in [5, 5.41) is 23.9. The molecule has 0 aliphatic rings. The third-order valence-electron chi connectivity index (χ3n) is 3.62. The summed E-state index contributed by atoms with van der Waals surface area (Å²) in [5.41, 5.74) is -1.75. The molecule has 1 atom stereocenters. The number of hydrogen-bond acceptors (Lipinski definition) is 6. The van der Waals surface area contributed by atoms with Crippen molar-refractivity contribution in [2.24, 2.45) is 0 Å². The zero-order valence-corrected chi connectivity index (χ0v) is 14.9. The fraction of sp³-hybridized carbons (Fsp3) is 0.500. The number of non-ortho nitro benzene ring substituents is 2. The molecular formula is C14H20N3O8P. The monoisotopic (exact) mass is 389 g/mol. The zero-order chi connectivity index (χ0) is 19.9. The van der Waals surface area contributed by atoms with Crippen molar-refractivity contribution in [2.45, 2.75) is 44.8 Å². The van der Waals surface area contributed by atoms with Gasteiger partial charge in [0, 0.05) is 12.1 Å². The van der Waals surface area contributed by atoms with Crippen LogP contribution in [0.3, 0.4) is 0 Å². The minimum Gasteiger partial charge on any atom is -0.338 e. The SMILES string of the molecule is CCCCCC[C@H](NC(=O)c1cc([N+](=O)[O-])cc([N+](=O)[O-])c1)P(=O)(O)O. The number of nitrogens with zero attached hydrogens (tertiary/aromatic N) is 2. The largest absolute Gasteiger partial charge is 0.347 e. The number of unbranched alkanes of at least 4 members (excludes halogenated alkanes) is 3. The van der Waals surface area contributed by atoms with Gasteiger partial charge in [0.15, 0.2) is 0 Å². The van der Waals surface area contributed by atoms with E-state index < -0.39 is 46.1 Å². The maximum atomic E-state index is 12.2. The average molecular weight is 389 g/mol. The van der Waals surface area contributed by atoms with Crippen LogP contribution in [-0.4, -0.2) is 31.3 Å². The smallest absolute Gasteiger partial charge is 0.338 e. The Labute approximate surface area is 148 Å². The highest BCUT2D eigenvalue weighted by molar-refractivity contribution is 7.52. The van der Waals surface area contributed by atoms with Crippen LogP contribution in [0, 0.1) is 20.2 Å². The van der Waals surface area contributed by atoms with Gasteiger partial charge in [-0.2, -0.15) is 0 Å². The molecule has 0 unspecified atom stereocenters. The van der Waals surface area contributed by atoms with E-state index in [9.17, 15) is 39.4 Å². The minimum atomic E-state index is -4.66. The van der Waals surface area contributed by atoms with Crippen LogP contribution in [0.15, 0.2) is 18.2 Å². The van der Waals surface area contributed by atoms with Crippen LogP contribution < -0.4 is 5.32 Å². The van der Waals surface area contributed by atoms with Gasteiger partial charge in [-0.05, 0) is 6.42 Å². The van der Waals surface area contributed by atoms with Crippen LogP contribution in [0.2, 0.25) is 0 Å². The minimum absolute atomic E-state index is 0.0209. The van der Waals surface area contributed by atoms with Crippen molar-refractivity contribution >= 4 is 24.9 Å². The number of carbonyl (C=O) groups excluding carboxylic acids is 1. The normalized spacial score (nSPS) is 12.4. The van der Waals surface area contributed by atoms with Crippen molar-refractivity contribution in [3.8, 4) is 0 Å². The van der Waals surface area contributed by atoms with Gasteiger partial charge in [0.1, 0.15) is 5.78 Å². The molecule has 0 aliphatic heterocycles. The molecule has 1 amide bonds. The molecule has 0 aromatic heterocycles. The van der Waals surface area contributed by atoms with E-state index in [1.165, 1.54) is 0 Å². The van der Waals surface area contributed by atoms with E-state index in [1.54, 1.807) is 0 Å². The molecule has 11 nitrogen and oxygen atoms in total. The number of amides is 1. The van der Waals surface area contributed by atoms with Gasteiger partial charge in [-0.15, -0.1) is 0 Å². The Morgan fingerprint density at radius 1 is 1.12 bits per heavy atom. The number of nitro groups is 2. The molecule has 1 rings (SSSR count). The predicted octanol–water partition coefficient (Wildman–Crippen LogP) is 2.71. The van der Waals surface area contributed by atoms with Crippen molar-refractivity contribution in [2.75, 3.05) is 0 Å². The van der Waals surface area contributed by atoms with Crippen LogP contribution in [0.1, 0.15) is 49.4 Å². The molecular weight excluding hydrogens is 369 g/mol. The molecule has 26 heavy (non-hydrogen) atoms. The van der Waals surface area contributed by atoms with Crippen LogP contribution >= 0.6 is 7.60 Å².